The maximum Gasteiger partial charge on any atom is 0.0701 e. The van der Waals surface area contributed by atoms with E-state index in [1.54, 1.807) is 12.4 Å². The average molecular weight is 356 g/mol. The molecule has 26 heavy (non-hydrogen) atoms. The predicted molar refractivity (Wildman–Crippen MR) is 98.2 cm³/mol. The zero-order valence-electron chi connectivity index (χ0n) is 14.8. The average Bonchev–Trinajstić information content (AvgIpc) is 2.68. The first-order chi connectivity index (χ1) is 12.9. The first-order valence-corrected chi connectivity index (χ1v) is 8.57. The summed E-state index contributed by atoms with van der Waals surface area (Å²) < 4.78 is 10.9. The summed E-state index contributed by atoms with van der Waals surface area (Å²) in [7, 11) is 0. The fraction of sp³-hybridized carbons (Fsp3) is 0.444. The van der Waals surface area contributed by atoms with Crippen molar-refractivity contribution in [3.63, 3.8) is 0 Å². The highest BCUT2D eigenvalue weighted by molar-refractivity contribution is 5.06. The molecule has 0 aromatic carbocycles. The number of hydrogen-bond acceptors (Lipinski definition) is 6. The molecule has 138 valence electrons. The Morgan fingerprint density at radius 2 is 1.50 bits per heavy atom. The zero-order valence-corrected chi connectivity index (χ0v) is 14.8. The summed E-state index contributed by atoms with van der Waals surface area (Å²) in [5.41, 5.74) is 10.2. The van der Waals surface area contributed by atoms with Gasteiger partial charge in [-0.3, -0.25) is 14.9 Å². The zero-order chi connectivity index (χ0) is 18.3. The van der Waals surface area contributed by atoms with Gasteiger partial charge >= 0.3 is 0 Å². The molecule has 0 aliphatic carbocycles. The van der Waals surface area contributed by atoms with Gasteiger partial charge in [-0.05, 0) is 29.8 Å². The fourth-order valence-corrected chi connectivity index (χ4v) is 2.32. The molecule has 0 aliphatic rings. The van der Waals surface area contributed by atoms with Gasteiger partial charge in [-0.15, -0.1) is 0 Å². The van der Waals surface area contributed by atoms with E-state index < -0.39 is 0 Å². The first-order valence-electron chi connectivity index (χ1n) is 8.57. The maximum absolute atomic E-state index is 8.17. The van der Waals surface area contributed by atoms with E-state index >= 15 is 0 Å². The molecule has 0 aliphatic heterocycles. The van der Waals surface area contributed by atoms with E-state index in [9.17, 15) is 0 Å². The summed E-state index contributed by atoms with van der Waals surface area (Å²) in [5.74, 6) is 0. The number of rotatable bonds is 13. The van der Waals surface area contributed by atoms with Crippen LogP contribution in [-0.2, 0) is 22.6 Å². The molecule has 2 aromatic rings. The van der Waals surface area contributed by atoms with E-state index in [4.69, 9.17) is 15.0 Å². The van der Waals surface area contributed by atoms with Crippen LogP contribution in [0.3, 0.4) is 0 Å². The van der Waals surface area contributed by atoms with Crippen LogP contribution in [-0.4, -0.2) is 54.4 Å². The largest absolute Gasteiger partial charge is 0.379 e. The van der Waals surface area contributed by atoms with E-state index in [-0.39, 0.29) is 0 Å². The van der Waals surface area contributed by atoms with Gasteiger partial charge in [0, 0.05) is 43.5 Å². The summed E-state index contributed by atoms with van der Waals surface area (Å²) in [6.45, 7) is 4.61. The maximum atomic E-state index is 8.17. The second-order valence-electron chi connectivity index (χ2n) is 5.53. The minimum atomic E-state index is 0.346. The molecule has 0 atom stereocenters. The van der Waals surface area contributed by atoms with Crippen LogP contribution in [0.25, 0.3) is 10.4 Å². The van der Waals surface area contributed by atoms with Crippen LogP contribution in [0.4, 0.5) is 0 Å². The third-order valence-electron chi connectivity index (χ3n) is 3.55. The second kappa shape index (κ2) is 12.8. The number of aromatic nitrogens is 2. The monoisotopic (exact) mass is 356 g/mol. The predicted octanol–water partition coefficient (Wildman–Crippen LogP) is 2.82. The van der Waals surface area contributed by atoms with Crippen molar-refractivity contribution in [2.75, 3.05) is 39.5 Å². The van der Waals surface area contributed by atoms with E-state index in [0.29, 0.717) is 33.0 Å². The normalized spacial score (nSPS) is 10.7. The summed E-state index contributed by atoms with van der Waals surface area (Å²) >= 11 is 0. The second-order valence-corrected chi connectivity index (χ2v) is 5.53. The summed E-state index contributed by atoms with van der Waals surface area (Å²) in [6, 6.07) is 11.8. The summed E-state index contributed by atoms with van der Waals surface area (Å²) in [5, 5.41) is 3.40. The molecule has 8 nitrogen and oxygen atoms in total. The molecule has 8 heteroatoms. The standard InChI is InChI=1S/C18H24N6O2/c19-23-22-9-11-25-13-14-26-12-10-24(15-17-5-1-3-7-20-17)16-18-6-2-4-8-21-18/h1-8H,9-16H2. The molecular weight excluding hydrogens is 332 g/mol. The van der Waals surface area contributed by atoms with E-state index in [2.05, 4.69) is 24.9 Å². The van der Waals surface area contributed by atoms with Gasteiger partial charge in [0.2, 0.25) is 0 Å². The van der Waals surface area contributed by atoms with Crippen molar-refractivity contribution in [3.8, 4) is 0 Å². The lowest BCUT2D eigenvalue weighted by Crippen LogP contribution is -2.28. The van der Waals surface area contributed by atoms with E-state index in [0.717, 1.165) is 31.0 Å². The number of ether oxygens (including phenoxy) is 2. The smallest absolute Gasteiger partial charge is 0.0701 e. The van der Waals surface area contributed by atoms with Gasteiger partial charge in [-0.25, -0.2) is 0 Å². The first kappa shape index (κ1) is 19.8. The lowest BCUT2D eigenvalue weighted by Gasteiger charge is -2.21. The van der Waals surface area contributed by atoms with Crippen molar-refractivity contribution >= 4 is 0 Å². The van der Waals surface area contributed by atoms with Crippen LogP contribution in [0, 0.1) is 0 Å². The molecule has 2 rings (SSSR count). The molecule has 0 N–H and O–H groups in total. The molecular formula is C18H24N6O2. The van der Waals surface area contributed by atoms with Gasteiger partial charge in [-0.2, -0.15) is 0 Å². The Hall–Kier alpha value is -2.51. The lowest BCUT2D eigenvalue weighted by molar-refractivity contribution is 0.0390. The van der Waals surface area contributed by atoms with Crippen molar-refractivity contribution in [2.45, 2.75) is 13.1 Å². The number of nitrogens with zero attached hydrogens (tertiary/aromatic N) is 6. The molecule has 2 aromatic heterocycles. The highest BCUT2D eigenvalue weighted by atomic mass is 16.5. The van der Waals surface area contributed by atoms with Gasteiger partial charge in [0.25, 0.3) is 0 Å². The molecule has 0 saturated heterocycles. The Morgan fingerprint density at radius 1 is 0.885 bits per heavy atom. The van der Waals surface area contributed by atoms with Gasteiger partial charge in [0.15, 0.2) is 0 Å². The molecule has 0 amide bonds. The van der Waals surface area contributed by atoms with Crippen LogP contribution >= 0.6 is 0 Å². The van der Waals surface area contributed by atoms with E-state index in [1.165, 1.54) is 0 Å². The van der Waals surface area contributed by atoms with Crippen LogP contribution < -0.4 is 0 Å². The highest BCUT2D eigenvalue weighted by Crippen LogP contribution is 2.06. The molecule has 2 heterocycles. The Kier molecular flexibility index (Phi) is 9.75. The quantitative estimate of drug-likeness (QED) is 0.238. The van der Waals surface area contributed by atoms with Crippen molar-refractivity contribution in [2.24, 2.45) is 5.11 Å². The van der Waals surface area contributed by atoms with Crippen LogP contribution in [0.1, 0.15) is 11.4 Å². The lowest BCUT2D eigenvalue weighted by atomic mass is 10.3. The summed E-state index contributed by atoms with van der Waals surface area (Å²) in [6.07, 6.45) is 3.61. The van der Waals surface area contributed by atoms with Crippen molar-refractivity contribution < 1.29 is 9.47 Å². The SMILES string of the molecule is [N-]=[N+]=NCCOCCOCCN(Cc1ccccn1)Cc1ccccn1. The van der Waals surface area contributed by atoms with Gasteiger partial charge in [0.05, 0.1) is 37.8 Å². The molecule has 0 bridgehead atoms. The summed E-state index contributed by atoms with van der Waals surface area (Å²) in [4.78, 5) is 13.7. The minimum Gasteiger partial charge on any atom is -0.379 e. The third-order valence-corrected chi connectivity index (χ3v) is 3.55. The van der Waals surface area contributed by atoms with Crippen molar-refractivity contribution in [1.82, 2.24) is 14.9 Å². The van der Waals surface area contributed by atoms with Crippen LogP contribution in [0.15, 0.2) is 53.9 Å². The number of hydrogen-bond donors (Lipinski definition) is 0. The molecule has 0 fully saturated rings. The fourth-order valence-electron chi connectivity index (χ4n) is 2.32. The van der Waals surface area contributed by atoms with Crippen molar-refractivity contribution in [3.05, 3.63) is 70.6 Å². The molecule has 0 radical (unpaired) electrons. The molecule has 0 unspecified atom stereocenters. The Bertz CT molecular complexity index is 608. The minimum absolute atomic E-state index is 0.346. The molecule has 0 spiro atoms. The Morgan fingerprint density at radius 3 is 2.04 bits per heavy atom. The highest BCUT2D eigenvalue weighted by Gasteiger charge is 2.08. The number of azide groups is 1. The van der Waals surface area contributed by atoms with Gasteiger partial charge < -0.3 is 9.47 Å². The Labute approximate surface area is 153 Å². The number of pyridine rings is 2. The van der Waals surface area contributed by atoms with Crippen LogP contribution in [0.5, 0.6) is 0 Å². The molecule has 0 saturated carbocycles. The Balaban J connectivity index is 1.72. The van der Waals surface area contributed by atoms with Gasteiger partial charge in [-0.1, -0.05) is 17.2 Å². The van der Waals surface area contributed by atoms with Crippen molar-refractivity contribution in [1.29, 1.82) is 0 Å². The van der Waals surface area contributed by atoms with Crippen LogP contribution in [0.2, 0.25) is 0 Å². The topological polar surface area (TPSA) is 96.2 Å². The van der Waals surface area contributed by atoms with E-state index in [1.807, 2.05) is 36.4 Å². The van der Waals surface area contributed by atoms with Gasteiger partial charge in [0.1, 0.15) is 0 Å². The third kappa shape index (κ3) is 8.55.